The number of hydrogen-bond acceptors (Lipinski definition) is 2. The molecule has 2 rings (SSSR count). The molecule has 0 aliphatic carbocycles. The van der Waals surface area contributed by atoms with Crippen molar-refractivity contribution in [2.75, 3.05) is 17.2 Å². The Morgan fingerprint density at radius 1 is 1.14 bits per heavy atom. The summed E-state index contributed by atoms with van der Waals surface area (Å²) in [4.78, 5) is 12.0. The Labute approximate surface area is 130 Å². The molecule has 0 saturated heterocycles. The van der Waals surface area contributed by atoms with Crippen LogP contribution in [0.25, 0.3) is 0 Å². The first kappa shape index (κ1) is 15.4. The van der Waals surface area contributed by atoms with Gasteiger partial charge in [0.25, 0.3) is 0 Å². The molecule has 0 heterocycles. The number of hydrogen-bond donors (Lipinski definition) is 2. The highest BCUT2D eigenvalue weighted by Gasteiger charge is 2.06. The van der Waals surface area contributed by atoms with E-state index < -0.39 is 0 Å². The van der Waals surface area contributed by atoms with Crippen molar-refractivity contribution in [3.8, 4) is 0 Å². The maximum atomic E-state index is 12.0. The SMILES string of the molecule is CCc1ccccc1NC(=O)CNc1ccc(Cl)cc1C. The fourth-order valence-electron chi connectivity index (χ4n) is 2.15. The minimum Gasteiger partial charge on any atom is -0.376 e. The third-order valence-electron chi connectivity index (χ3n) is 3.30. The number of carbonyl (C=O) groups excluding carboxylic acids is 1. The van der Waals surface area contributed by atoms with E-state index in [9.17, 15) is 4.79 Å². The standard InChI is InChI=1S/C17H19ClN2O/c1-3-13-6-4-5-7-16(13)20-17(21)11-19-15-9-8-14(18)10-12(15)2/h4-10,19H,3,11H2,1-2H3,(H,20,21). The predicted octanol–water partition coefficient (Wildman–Crippen LogP) is 4.26. The molecule has 0 spiro atoms. The molecule has 110 valence electrons. The second-order valence-electron chi connectivity index (χ2n) is 4.87. The minimum absolute atomic E-state index is 0.0646. The van der Waals surface area contributed by atoms with Gasteiger partial charge >= 0.3 is 0 Å². The van der Waals surface area contributed by atoms with Crippen molar-refractivity contribution >= 4 is 28.9 Å². The minimum atomic E-state index is -0.0646. The summed E-state index contributed by atoms with van der Waals surface area (Å²) in [5.74, 6) is -0.0646. The van der Waals surface area contributed by atoms with Crippen molar-refractivity contribution in [1.82, 2.24) is 0 Å². The molecular formula is C17H19ClN2O. The van der Waals surface area contributed by atoms with Crippen molar-refractivity contribution in [2.24, 2.45) is 0 Å². The smallest absolute Gasteiger partial charge is 0.243 e. The summed E-state index contributed by atoms with van der Waals surface area (Å²) in [6.45, 7) is 4.25. The van der Waals surface area contributed by atoms with Crippen LogP contribution in [-0.4, -0.2) is 12.5 Å². The van der Waals surface area contributed by atoms with Gasteiger partial charge in [-0.2, -0.15) is 0 Å². The van der Waals surface area contributed by atoms with E-state index in [1.807, 2.05) is 43.3 Å². The van der Waals surface area contributed by atoms with Crippen molar-refractivity contribution in [1.29, 1.82) is 0 Å². The van der Waals surface area contributed by atoms with E-state index >= 15 is 0 Å². The summed E-state index contributed by atoms with van der Waals surface area (Å²) in [5, 5.41) is 6.76. The summed E-state index contributed by atoms with van der Waals surface area (Å²) in [5.41, 5.74) is 3.94. The zero-order chi connectivity index (χ0) is 15.2. The molecule has 2 N–H and O–H groups in total. The molecule has 0 atom stereocenters. The van der Waals surface area contributed by atoms with Crippen LogP contribution in [0.15, 0.2) is 42.5 Å². The zero-order valence-corrected chi connectivity index (χ0v) is 13.0. The Morgan fingerprint density at radius 2 is 1.90 bits per heavy atom. The van der Waals surface area contributed by atoms with Gasteiger partial charge in [-0.25, -0.2) is 0 Å². The van der Waals surface area contributed by atoms with E-state index in [2.05, 4.69) is 17.6 Å². The Bertz CT molecular complexity index is 640. The van der Waals surface area contributed by atoms with Gasteiger partial charge in [-0.15, -0.1) is 0 Å². The lowest BCUT2D eigenvalue weighted by atomic mass is 10.1. The molecule has 0 radical (unpaired) electrons. The topological polar surface area (TPSA) is 41.1 Å². The van der Waals surface area contributed by atoms with Crippen molar-refractivity contribution < 1.29 is 4.79 Å². The van der Waals surface area contributed by atoms with Crippen molar-refractivity contribution in [2.45, 2.75) is 20.3 Å². The summed E-state index contributed by atoms with van der Waals surface area (Å²) in [7, 11) is 0. The van der Waals surface area contributed by atoms with Crippen molar-refractivity contribution in [3.05, 3.63) is 58.6 Å². The molecule has 3 nitrogen and oxygen atoms in total. The number of carbonyl (C=O) groups is 1. The predicted molar refractivity (Wildman–Crippen MR) is 89.1 cm³/mol. The van der Waals surface area contributed by atoms with Crippen molar-refractivity contribution in [3.63, 3.8) is 0 Å². The van der Waals surface area contributed by atoms with E-state index in [0.29, 0.717) is 5.02 Å². The molecule has 2 aromatic carbocycles. The lowest BCUT2D eigenvalue weighted by Gasteiger charge is -2.12. The van der Waals surface area contributed by atoms with E-state index in [-0.39, 0.29) is 12.5 Å². The number of halogens is 1. The average molecular weight is 303 g/mol. The number of rotatable bonds is 5. The molecule has 0 unspecified atom stereocenters. The normalized spacial score (nSPS) is 10.2. The van der Waals surface area contributed by atoms with Gasteiger partial charge in [0.1, 0.15) is 0 Å². The monoisotopic (exact) mass is 302 g/mol. The highest BCUT2D eigenvalue weighted by Crippen LogP contribution is 2.19. The molecule has 0 fully saturated rings. The van der Waals surface area contributed by atoms with Gasteiger partial charge in [-0.3, -0.25) is 4.79 Å². The molecule has 0 aliphatic heterocycles. The third kappa shape index (κ3) is 4.23. The molecule has 0 bridgehead atoms. The second kappa shape index (κ2) is 7.14. The number of nitrogens with one attached hydrogen (secondary N) is 2. The number of para-hydroxylation sites is 1. The van der Waals surface area contributed by atoms with Crippen LogP contribution in [0.5, 0.6) is 0 Å². The summed E-state index contributed by atoms with van der Waals surface area (Å²) >= 11 is 5.91. The van der Waals surface area contributed by atoms with Gasteiger partial charge in [0, 0.05) is 16.4 Å². The number of benzene rings is 2. The fourth-order valence-corrected chi connectivity index (χ4v) is 2.37. The van der Waals surface area contributed by atoms with E-state index in [4.69, 9.17) is 11.6 Å². The second-order valence-corrected chi connectivity index (χ2v) is 5.31. The first-order valence-electron chi connectivity index (χ1n) is 6.98. The first-order valence-corrected chi connectivity index (χ1v) is 7.35. The van der Waals surface area contributed by atoms with Gasteiger partial charge in [0.05, 0.1) is 6.54 Å². The molecule has 4 heteroatoms. The van der Waals surface area contributed by atoms with Crippen LogP contribution in [0.1, 0.15) is 18.1 Å². The van der Waals surface area contributed by atoms with E-state index in [1.165, 1.54) is 0 Å². The highest BCUT2D eigenvalue weighted by molar-refractivity contribution is 6.30. The Balaban J connectivity index is 1.96. The lowest BCUT2D eigenvalue weighted by Crippen LogP contribution is -2.22. The average Bonchev–Trinajstić information content (AvgIpc) is 2.47. The van der Waals surface area contributed by atoms with Gasteiger partial charge in [-0.05, 0) is 48.7 Å². The maximum Gasteiger partial charge on any atom is 0.243 e. The Hall–Kier alpha value is -2.00. The van der Waals surface area contributed by atoms with E-state index in [1.54, 1.807) is 6.07 Å². The molecule has 21 heavy (non-hydrogen) atoms. The molecule has 0 aromatic heterocycles. The molecule has 0 saturated carbocycles. The Morgan fingerprint density at radius 3 is 2.62 bits per heavy atom. The summed E-state index contributed by atoms with van der Waals surface area (Å²) < 4.78 is 0. The lowest BCUT2D eigenvalue weighted by molar-refractivity contribution is -0.114. The number of aryl methyl sites for hydroxylation is 2. The van der Waals surface area contributed by atoms with Crippen LogP contribution in [0.4, 0.5) is 11.4 Å². The molecule has 0 aliphatic rings. The van der Waals surface area contributed by atoms with E-state index in [0.717, 1.165) is 28.9 Å². The fraction of sp³-hybridized carbons (Fsp3) is 0.235. The highest BCUT2D eigenvalue weighted by atomic mass is 35.5. The third-order valence-corrected chi connectivity index (χ3v) is 3.54. The van der Waals surface area contributed by atoms with Crippen LogP contribution < -0.4 is 10.6 Å². The summed E-state index contributed by atoms with van der Waals surface area (Å²) in [6.07, 6.45) is 0.889. The van der Waals surface area contributed by atoms with Crippen LogP contribution in [0.3, 0.4) is 0 Å². The quantitative estimate of drug-likeness (QED) is 0.866. The maximum absolute atomic E-state index is 12.0. The number of amides is 1. The van der Waals surface area contributed by atoms with Gasteiger partial charge in [0.15, 0.2) is 0 Å². The van der Waals surface area contributed by atoms with Gasteiger partial charge in [-0.1, -0.05) is 36.7 Å². The largest absolute Gasteiger partial charge is 0.376 e. The van der Waals surface area contributed by atoms with Crippen LogP contribution in [-0.2, 0) is 11.2 Å². The first-order chi connectivity index (χ1) is 10.1. The Kier molecular flexibility index (Phi) is 5.23. The molecule has 2 aromatic rings. The molecular weight excluding hydrogens is 284 g/mol. The zero-order valence-electron chi connectivity index (χ0n) is 12.2. The number of anilines is 2. The van der Waals surface area contributed by atoms with Crippen LogP contribution >= 0.6 is 11.6 Å². The molecule has 1 amide bonds. The summed E-state index contributed by atoms with van der Waals surface area (Å²) in [6, 6.07) is 13.4. The van der Waals surface area contributed by atoms with Crippen LogP contribution in [0.2, 0.25) is 5.02 Å². The van der Waals surface area contributed by atoms with Gasteiger partial charge in [0.2, 0.25) is 5.91 Å². The van der Waals surface area contributed by atoms with Crippen LogP contribution in [0, 0.1) is 6.92 Å². The van der Waals surface area contributed by atoms with Gasteiger partial charge < -0.3 is 10.6 Å².